The molecule has 5 atom stereocenters. The number of carbonyl (C=O) groups is 1. The van der Waals surface area contributed by atoms with Crippen molar-refractivity contribution >= 4 is 18.3 Å². The first-order valence-electron chi connectivity index (χ1n) is 8.39. The second kappa shape index (κ2) is 7.54. The predicted octanol–water partition coefficient (Wildman–Crippen LogP) is 3.06. The average Bonchev–Trinajstić information content (AvgIpc) is 3.08. The Morgan fingerprint density at radius 2 is 2.13 bits per heavy atom. The van der Waals surface area contributed by atoms with Gasteiger partial charge in [0.1, 0.15) is 5.75 Å². The van der Waals surface area contributed by atoms with Crippen LogP contribution in [0, 0.1) is 17.8 Å². The molecule has 1 aromatic rings. The van der Waals surface area contributed by atoms with E-state index in [0.717, 1.165) is 24.2 Å². The Labute approximate surface area is 144 Å². The van der Waals surface area contributed by atoms with Gasteiger partial charge in [-0.05, 0) is 62.6 Å². The molecule has 5 unspecified atom stereocenters. The molecule has 0 aliphatic heterocycles. The van der Waals surface area contributed by atoms with Crippen molar-refractivity contribution in [2.75, 3.05) is 6.61 Å². The zero-order valence-corrected chi connectivity index (χ0v) is 14.6. The summed E-state index contributed by atoms with van der Waals surface area (Å²) in [7, 11) is 0. The van der Waals surface area contributed by atoms with E-state index >= 15 is 0 Å². The van der Waals surface area contributed by atoms with Crippen molar-refractivity contribution in [2.24, 2.45) is 23.5 Å². The maximum Gasteiger partial charge on any atom is 0.225 e. The van der Waals surface area contributed by atoms with Gasteiger partial charge in [0.15, 0.2) is 0 Å². The van der Waals surface area contributed by atoms with Gasteiger partial charge in [0.2, 0.25) is 5.91 Å². The van der Waals surface area contributed by atoms with Crippen LogP contribution in [0.5, 0.6) is 5.75 Å². The molecule has 2 saturated carbocycles. The molecule has 2 aliphatic rings. The van der Waals surface area contributed by atoms with Gasteiger partial charge in [0.25, 0.3) is 0 Å². The molecule has 3 rings (SSSR count). The topological polar surface area (TPSA) is 64.3 Å². The van der Waals surface area contributed by atoms with Crippen molar-refractivity contribution in [3.05, 3.63) is 29.8 Å². The normalized spacial score (nSPS) is 29.7. The number of benzene rings is 1. The fourth-order valence-electron chi connectivity index (χ4n) is 4.16. The molecule has 2 bridgehead atoms. The van der Waals surface area contributed by atoms with E-state index in [2.05, 4.69) is 5.32 Å². The molecule has 2 fully saturated rings. The highest BCUT2D eigenvalue weighted by Gasteiger charge is 2.49. The Morgan fingerprint density at radius 3 is 2.78 bits per heavy atom. The summed E-state index contributed by atoms with van der Waals surface area (Å²) < 4.78 is 5.53. The number of rotatable bonds is 5. The fourth-order valence-corrected chi connectivity index (χ4v) is 4.16. The van der Waals surface area contributed by atoms with Gasteiger partial charge in [-0.25, -0.2) is 0 Å². The Kier molecular flexibility index (Phi) is 5.93. The lowest BCUT2D eigenvalue weighted by Gasteiger charge is -2.28. The quantitative estimate of drug-likeness (QED) is 0.867. The van der Waals surface area contributed by atoms with Crippen molar-refractivity contribution in [3.63, 3.8) is 0 Å². The summed E-state index contributed by atoms with van der Waals surface area (Å²) in [6.45, 7) is 4.63. The van der Waals surface area contributed by atoms with Gasteiger partial charge >= 0.3 is 0 Å². The van der Waals surface area contributed by atoms with E-state index in [1.54, 1.807) is 0 Å². The lowest BCUT2D eigenvalue weighted by atomic mass is 9.84. The molecular weight excluding hydrogens is 312 g/mol. The Bertz CT molecular complexity index is 550. The van der Waals surface area contributed by atoms with E-state index in [-0.39, 0.29) is 36.3 Å². The third kappa shape index (κ3) is 3.64. The van der Waals surface area contributed by atoms with E-state index < -0.39 is 0 Å². The molecule has 0 radical (unpaired) electrons. The van der Waals surface area contributed by atoms with E-state index in [1.165, 1.54) is 6.42 Å². The van der Waals surface area contributed by atoms with Gasteiger partial charge < -0.3 is 15.8 Å². The second-order valence-corrected chi connectivity index (χ2v) is 6.67. The molecule has 0 aromatic heterocycles. The largest absolute Gasteiger partial charge is 0.494 e. The summed E-state index contributed by atoms with van der Waals surface area (Å²) >= 11 is 0. The van der Waals surface area contributed by atoms with Crippen LogP contribution < -0.4 is 15.8 Å². The van der Waals surface area contributed by atoms with Gasteiger partial charge in [-0.2, -0.15) is 0 Å². The number of nitrogens with two attached hydrogens (primary N) is 1. The Hall–Kier alpha value is -1.26. The molecule has 4 nitrogen and oxygen atoms in total. The van der Waals surface area contributed by atoms with E-state index in [1.807, 2.05) is 38.1 Å². The smallest absolute Gasteiger partial charge is 0.225 e. The second-order valence-electron chi connectivity index (χ2n) is 6.67. The number of hydrogen-bond donors (Lipinski definition) is 2. The van der Waals surface area contributed by atoms with Crippen LogP contribution in [0.25, 0.3) is 0 Å². The molecule has 0 spiro atoms. The number of nitrogens with one attached hydrogen (secondary N) is 1. The highest BCUT2D eigenvalue weighted by Crippen LogP contribution is 2.47. The van der Waals surface area contributed by atoms with Crippen molar-refractivity contribution in [3.8, 4) is 5.75 Å². The summed E-state index contributed by atoms with van der Waals surface area (Å²) in [5, 5.41) is 3.15. The molecule has 5 heteroatoms. The van der Waals surface area contributed by atoms with Crippen LogP contribution in [0.3, 0.4) is 0 Å². The van der Waals surface area contributed by atoms with Gasteiger partial charge in [-0.15, -0.1) is 12.4 Å². The van der Waals surface area contributed by atoms with Crippen LogP contribution in [0.1, 0.15) is 44.7 Å². The third-order valence-electron chi connectivity index (χ3n) is 5.31. The Morgan fingerprint density at radius 1 is 1.39 bits per heavy atom. The van der Waals surface area contributed by atoms with Gasteiger partial charge in [0.05, 0.1) is 18.6 Å². The first-order chi connectivity index (χ1) is 10.6. The lowest BCUT2D eigenvalue weighted by Crippen LogP contribution is -2.45. The molecule has 2 aliphatic carbocycles. The molecule has 128 valence electrons. The van der Waals surface area contributed by atoms with E-state index in [4.69, 9.17) is 10.5 Å². The number of carbonyl (C=O) groups excluding carboxylic acids is 1. The zero-order valence-electron chi connectivity index (χ0n) is 13.8. The number of hydrogen-bond acceptors (Lipinski definition) is 3. The molecule has 3 N–H and O–H groups in total. The highest BCUT2D eigenvalue weighted by molar-refractivity contribution is 5.85. The standard InChI is InChI=1S/C18H26N2O2.ClH/c1-3-22-15-6-4-5-12(10-15)11(2)20-18(21)16-13-7-8-14(9-13)17(16)19;/h4-6,10-11,13-14,16-17H,3,7-9,19H2,1-2H3,(H,20,21);1H. The van der Waals surface area contributed by atoms with Crippen molar-refractivity contribution < 1.29 is 9.53 Å². The average molecular weight is 339 g/mol. The van der Waals surface area contributed by atoms with Crippen molar-refractivity contribution in [1.29, 1.82) is 0 Å². The molecule has 1 aromatic carbocycles. The van der Waals surface area contributed by atoms with Crippen molar-refractivity contribution in [2.45, 2.75) is 45.2 Å². The highest BCUT2D eigenvalue weighted by atomic mass is 35.5. The lowest BCUT2D eigenvalue weighted by molar-refractivity contribution is -0.127. The number of halogens is 1. The van der Waals surface area contributed by atoms with Crippen molar-refractivity contribution in [1.82, 2.24) is 5.32 Å². The zero-order chi connectivity index (χ0) is 15.7. The number of amides is 1. The summed E-state index contributed by atoms with van der Waals surface area (Å²) in [6.07, 6.45) is 3.49. The maximum absolute atomic E-state index is 12.6. The minimum atomic E-state index is -0.0285. The van der Waals surface area contributed by atoms with Crippen LogP contribution in [0.2, 0.25) is 0 Å². The van der Waals surface area contributed by atoms with Crippen LogP contribution in [0.4, 0.5) is 0 Å². The van der Waals surface area contributed by atoms with Crippen LogP contribution >= 0.6 is 12.4 Å². The fraction of sp³-hybridized carbons (Fsp3) is 0.611. The molecule has 1 amide bonds. The molecule has 0 saturated heterocycles. The van der Waals surface area contributed by atoms with Gasteiger partial charge in [-0.3, -0.25) is 4.79 Å². The third-order valence-corrected chi connectivity index (χ3v) is 5.31. The summed E-state index contributed by atoms with van der Waals surface area (Å²) in [5.41, 5.74) is 7.33. The SMILES string of the molecule is CCOc1cccc(C(C)NC(=O)C2C3CCC(C3)C2N)c1.Cl. The minimum absolute atomic E-state index is 0. The predicted molar refractivity (Wildman–Crippen MR) is 93.7 cm³/mol. The minimum Gasteiger partial charge on any atom is -0.494 e. The maximum atomic E-state index is 12.6. The van der Waals surface area contributed by atoms with Gasteiger partial charge in [-0.1, -0.05) is 12.1 Å². The summed E-state index contributed by atoms with van der Waals surface area (Å²) in [4.78, 5) is 12.6. The molecular formula is C18H27ClN2O2. The van der Waals surface area contributed by atoms with E-state index in [0.29, 0.717) is 18.4 Å². The van der Waals surface area contributed by atoms with E-state index in [9.17, 15) is 4.79 Å². The summed E-state index contributed by atoms with van der Waals surface area (Å²) in [5.74, 6) is 2.00. The Balaban J connectivity index is 0.00000192. The number of ether oxygens (including phenoxy) is 1. The molecule has 23 heavy (non-hydrogen) atoms. The molecule has 0 heterocycles. The number of fused-ring (bicyclic) bond motifs is 2. The summed E-state index contributed by atoms with van der Waals surface area (Å²) in [6, 6.07) is 7.93. The monoisotopic (exact) mass is 338 g/mol. The first kappa shape index (κ1) is 18.1. The van der Waals surface area contributed by atoms with Crippen LogP contribution in [0.15, 0.2) is 24.3 Å². The van der Waals surface area contributed by atoms with Crippen LogP contribution in [-0.2, 0) is 4.79 Å². The van der Waals surface area contributed by atoms with Gasteiger partial charge in [0, 0.05) is 6.04 Å². The van der Waals surface area contributed by atoms with Crippen LogP contribution in [-0.4, -0.2) is 18.6 Å². The first-order valence-corrected chi connectivity index (χ1v) is 8.39.